The molecule has 196 valence electrons. The zero-order chi connectivity index (χ0) is 27.9. The number of pyridine rings is 2. The number of hydrogen-bond acceptors (Lipinski definition) is 5. The molecule has 0 unspecified atom stereocenters. The van der Waals surface area contributed by atoms with E-state index in [0.29, 0.717) is 42.8 Å². The van der Waals surface area contributed by atoms with Crippen molar-refractivity contribution in [3.63, 3.8) is 0 Å². The molecule has 0 spiro atoms. The summed E-state index contributed by atoms with van der Waals surface area (Å²) in [6.45, 7) is 5.35. The summed E-state index contributed by atoms with van der Waals surface area (Å²) >= 11 is 18.9. The van der Waals surface area contributed by atoms with Gasteiger partial charge in [-0.1, -0.05) is 67.7 Å². The Bertz CT molecular complexity index is 1720. The highest BCUT2D eigenvalue weighted by Gasteiger charge is 2.29. The Labute approximate surface area is 239 Å². The monoisotopic (exact) mass is 577 g/mol. The predicted molar refractivity (Wildman–Crippen MR) is 156 cm³/mol. The van der Waals surface area contributed by atoms with Crippen molar-refractivity contribution >= 4 is 63.3 Å². The molecule has 0 aliphatic carbocycles. The van der Waals surface area contributed by atoms with Crippen molar-refractivity contribution in [2.45, 2.75) is 20.8 Å². The zero-order valence-corrected chi connectivity index (χ0v) is 23.4. The van der Waals surface area contributed by atoms with Crippen LogP contribution >= 0.6 is 34.8 Å². The van der Waals surface area contributed by atoms with Crippen molar-refractivity contribution in [3.05, 3.63) is 99.4 Å². The Balaban J connectivity index is 1.81. The maximum absolute atomic E-state index is 13.5. The summed E-state index contributed by atoms with van der Waals surface area (Å²) in [5, 5.41) is 4.81. The van der Waals surface area contributed by atoms with Gasteiger partial charge in [0.1, 0.15) is 5.69 Å². The van der Waals surface area contributed by atoms with Crippen molar-refractivity contribution < 1.29 is 14.0 Å². The van der Waals surface area contributed by atoms with Gasteiger partial charge < -0.3 is 9.73 Å². The third-order valence-electron chi connectivity index (χ3n) is 6.07. The summed E-state index contributed by atoms with van der Waals surface area (Å²) in [5.41, 5.74) is 2.57. The number of nitrogens with one attached hydrogen (secondary N) is 1. The van der Waals surface area contributed by atoms with Crippen molar-refractivity contribution in [3.8, 4) is 22.4 Å². The molecule has 0 saturated heterocycles. The van der Waals surface area contributed by atoms with Crippen LogP contribution in [0.1, 0.15) is 36.9 Å². The fraction of sp³-hybridized carbons (Fsp3) is 0.133. The SMILES string of the molecule is CC(C)(C)C(=O)Nc1c(C(=O)c2cccnc2)oc2nc(-c3ccc(Cl)cc3Cl)c(-c3ccc(Cl)cc3)cc12. The first-order chi connectivity index (χ1) is 18.5. The molecule has 0 aliphatic rings. The van der Waals surface area contributed by atoms with Crippen LogP contribution in [0.5, 0.6) is 0 Å². The molecule has 1 N–H and O–H groups in total. The number of aromatic nitrogens is 2. The Hall–Kier alpha value is -3.71. The zero-order valence-electron chi connectivity index (χ0n) is 21.2. The second-order valence-electron chi connectivity index (χ2n) is 9.95. The van der Waals surface area contributed by atoms with E-state index in [0.717, 1.165) is 5.56 Å². The normalized spacial score (nSPS) is 11.5. The van der Waals surface area contributed by atoms with Gasteiger partial charge in [0.15, 0.2) is 0 Å². The number of rotatable bonds is 5. The van der Waals surface area contributed by atoms with Crippen LogP contribution < -0.4 is 5.32 Å². The first kappa shape index (κ1) is 26.9. The van der Waals surface area contributed by atoms with Crippen molar-refractivity contribution in [2.24, 2.45) is 5.41 Å². The number of carbonyl (C=O) groups excluding carboxylic acids is 2. The minimum absolute atomic E-state index is 0.0514. The number of furan rings is 1. The molecule has 5 rings (SSSR count). The van der Waals surface area contributed by atoms with E-state index in [4.69, 9.17) is 44.2 Å². The minimum Gasteiger partial charge on any atom is -0.432 e. The topological polar surface area (TPSA) is 85.1 Å². The smallest absolute Gasteiger partial charge is 0.232 e. The molecule has 3 aromatic heterocycles. The maximum Gasteiger partial charge on any atom is 0.232 e. The summed E-state index contributed by atoms with van der Waals surface area (Å²) in [4.78, 5) is 35.5. The van der Waals surface area contributed by atoms with Gasteiger partial charge in [0.25, 0.3) is 0 Å². The van der Waals surface area contributed by atoms with Crippen molar-refractivity contribution in [1.29, 1.82) is 0 Å². The first-order valence-electron chi connectivity index (χ1n) is 12.0. The van der Waals surface area contributed by atoms with Gasteiger partial charge in [-0.3, -0.25) is 14.6 Å². The van der Waals surface area contributed by atoms with Crippen molar-refractivity contribution in [2.75, 3.05) is 5.32 Å². The highest BCUT2D eigenvalue weighted by molar-refractivity contribution is 6.36. The molecule has 3 heterocycles. The fourth-order valence-electron chi connectivity index (χ4n) is 3.97. The molecule has 0 radical (unpaired) electrons. The third-order valence-corrected chi connectivity index (χ3v) is 6.87. The predicted octanol–water partition coefficient (Wildman–Crippen LogP) is 8.73. The Morgan fingerprint density at radius 2 is 1.62 bits per heavy atom. The van der Waals surface area contributed by atoms with Gasteiger partial charge in [-0.15, -0.1) is 0 Å². The number of amides is 1. The van der Waals surface area contributed by atoms with E-state index in [9.17, 15) is 9.59 Å². The van der Waals surface area contributed by atoms with Crippen LogP contribution in [0.2, 0.25) is 15.1 Å². The lowest BCUT2D eigenvalue weighted by molar-refractivity contribution is -0.123. The quantitative estimate of drug-likeness (QED) is 0.211. The van der Waals surface area contributed by atoms with E-state index in [1.54, 1.807) is 69.4 Å². The lowest BCUT2D eigenvalue weighted by Crippen LogP contribution is -2.28. The van der Waals surface area contributed by atoms with Gasteiger partial charge in [0, 0.05) is 44.5 Å². The van der Waals surface area contributed by atoms with E-state index in [1.807, 2.05) is 18.2 Å². The minimum atomic E-state index is -0.735. The van der Waals surface area contributed by atoms with Gasteiger partial charge in [-0.2, -0.15) is 0 Å². The fourth-order valence-corrected chi connectivity index (χ4v) is 4.60. The second kappa shape index (κ2) is 10.5. The van der Waals surface area contributed by atoms with Crippen molar-refractivity contribution in [1.82, 2.24) is 9.97 Å². The molecule has 5 aromatic rings. The summed E-state index contributed by atoms with van der Waals surface area (Å²) in [6, 6.07) is 17.5. The van der Waals surface area contributed by atoms with E-state index < -0.39 is 11.2 Å². The number of carbonyl (C=O) groups is 2. The van der Waals surface area contributed by atoms with Crippen LogP contribution in [-0.2, 0) is 4.79 Å². The van der Waals surface area contributed by atoms with Gasteiger partial charge in [0.05, 0.1) is 16.1 Å². The van der Waals surface area contributed by atoms with Gasteiger partial charge in [-0.05, 0) is 54.1 Å². The van der Waals surface area contributed by atoms with E-state index in [2.05, 4.69) is 10.3 Å². The molecule has 0 aliphatic heterocycles. The second-order valence-corrected chi connectivity index (χ2v) is 11.2. The lowest BCUT2D eigenvalue weighted by atomic mass is 9.95. The van der Waals surface area contributed by atoms with Gasteiger partial charge in [-0.25, -0.2) is 4.98 Å². The molecule has 0 saturated carbocycles. The number of anilines is 1. The largest absolute Gasteiger partial charge is 0.432 e. The Morgan fingerprint density at radius 1 is 0.897 bits per heavy atom. The average molecular weight is 579 g/mol. The van der Waals surface area contributed by atoms with Crippen LogP contribution in [-0.4, -0.2) is 21.7 Å². The summed E-state index contributed by atoms with van der Waals surface area (Å²) in [7, 11) is 0. The summed E-state index contributed by atoms with van der Waals surface area (Å²) < 4.78 is 6.07. The van der Waals surface area contributed by atoms with Gasteiger partial charge >= 0.3 is 0 Å². The Morgan fingerprint density at radius 3 is 2.26 bits per heavy atom. The molecule has 9 heteroatoms. The number of hydrogen-bond donors (Lipinski definition) is 1. The highest BCUT2D eigenvalue weighted by Crippen LogP contribution is 2.42. The molecule has 1 amide bonds. The first-order valence-corrected chi connectivity index (χ1v) is 13.1. The Kier molecular flexibility index (Phi) is 7.21. The number of nitrogens with zero attached hydrogens (tertiary/aromatic N) is 2. The standard InChI is InChI=1S/C30H22Cl3N3O3/c1-30(2,3)29(38)36-25-22-14-21(16-6-8-18(31)9-7-16)24(20-11-10-19(32)13-23(20)33)35-28(22)39-27(25)26(37)17-5-4-12-34-15-17/h4-15H,1-3H3,(H,36,38). The molecule has 0 atom stereocenters. The number of fused-ring (bicyclic) bond motifs is 1. The molecule has 6 nitrogen and oxygen atoms in total. The van der Waals surface area contributed by atoms with Crippen LogP contribution in [0.15, 0.2) is 77.5 Å². The number of halogens is 3. The highest BCUT2D eigenvalue weighted by atomic mass is 35.5. The summed E-state index contributed by atoms with van der Waals surface area (Å²) in [5.74, 6) is -0.780. The molecular formula is C30H22Cl3N3O3. The average Bonchev–Trinajstić information content (AvgIpc) is 3.25. The number of benzene rings is 2. The van der Waals surface area contributed by atoms with Gasteiger partial charge in [0.2, 0.25) is 23.2 Å². The van der Waals surface area contributed by atoms with Crippen LogP contribution in [0.3, 0.4) is 0 Å². The molecule has 0 fully saturated rings. The van der Waals surface area contributed by atoms with Crippen LogP contribution in [0.25, 0.3) is 33.5 Å². The van der Waals surface area contributed by atoms with Crippen LogP contribution in [0.4, 0.5) is 5.69 Å². The molecule has 39 heavy (non-hydrogen) atoms. The lowest BCUT2D eigenvalue weighted by Gasteiger charge is -2.18. The van der Waals surface area contributed by atoms with E-state index >= 15 is 0 Å². The third kappa shape index (κ3) is 5.41. The molecule has 0 bridgehead atoms. The maximum atomic E-state index is 13.5. The molecular weight excluding hydrogens is 557 g/mol. The summed E-state index contributed by atoms with van der Waals surface area (Å²) in [6.07, 6.45) is 3.01. The van der Waals surface area contributed by atoms with E-state index in [-0.39, 0.29) is 23.1 Å². The number of ketones is 1. The molecule has 2 aromatic carbocycles. The van der Waals surface area contributed by atoms with Crippen LogP contribution in [0, 0.1) is 5.41 Å². The van der Waals surface area contributed by atoms with E-state index in [1.165, 1.54) is 6.20 Å².